The van der Waals surface area contributed by atoms with Gasteiger partial charge in [0.2, 0.25) is 0 Å². The van der Waals surface area contributed by atoms with Gasteiger partial charge in [0.1, 0.15) is 5.82 Å². The van der Waals surface area contributed by atoms with Gasteiger partial charge in [-0.05, 0) is 25.0 Å². The standard InChI is InChI=1S/C15H20N2O4/c1-21-14(20)11-5-8-16-12(9-11)17-15(10-13(18)19)6-3-2-4-7-15/h5,8-9H,2-4,6-7,10H2,1H3,(H,16,17)(H,18,19). The smallest absolute Gasteiger partial charge is 0.338 e. The van der Waals surface area contributed by atoms with E-state index in [1.165, 1.54) is 13.3 Å². The summed E-state index contributed by atoms with van der Waals surface area (Å²) in [5.74, 6) is -0.744. The number of aromatic nitrogens is 1. The second-order valence-corrected chi connectivity index (χ2v) is 5.46. The average molecular weight is 292 g/mol. The van der Waals surface area contributed by atoms with Crippen LogP contribution in [0, 0.1) is 0 Å². The first-order valence-corrected chi connectivity index (χ1v) is 7.09. The van der Waals surface area contributed by atoms with Gasteiger partial charge in [-0.2, -0.15) is 0 Å². The Morgan fingerprint density at radius 1 is 1.38 bits per heavy atom. The van der Waals surface area contributed by atoms with Crippen molar-refractivity contribution in [2.24, 2.45) is 0 Å². The molecule has 21 heavy (non-hydrogen) atoms. The van der Waals surface area contributed by atoms with Gasteiger partial charge in [0.15, 0.2) is 0 Å². The van der Waals surface area contributed by atoms with Crippen molar-refractivity contribution in [3.8, 4) is 0 Å². The highest BCUT2D eigenvalue weighted by Crippen LogP contribution is 2.34. The first kappa shape index (κ1) is 15.3. The molecule has 0 bridgehead atoms. The SMILES string of the molecule is COC(=O)c1ccnc(NC2(CC(=O)O)CCCCC2)c1. The van der Waals surface area contributed by atoms with Gasteiger partial charge in [0, 0.05) is 11.7 Å². The number of aliphatic carboxylic acids is 1. The summed E-state index contributed by atoms with van der Waals surface area (Å²) in [6, 6.07) is 3.17. The molecular formula is C15H20N2O4. The van der Waals surface area contributed by atoms with E-state index in [0.29, 0.717) is 11.4 Å². The molecule has 6 heteroatoms. The number of esters is 1. The molecule has 0 aliphatic heterocycles. The molecule has 1 heterocycles. The number of pyridine rings is 1. The second kappa shape index (κ2) is 6.56. The lowest BCUT2D eigenvalue weighted by Gasteiger charge is -2.37. The van der Waals surface area contributed by atoms with Gasteiger partial charge in [-0.3, -0.25) is 4.79 Å². The lowest BCUT2D eigenvalue weighted by Crippen LogP contribution is -2.42. The Morgan fingerprint density at radius 2 is 2.10 bits per heavy atom. The van der Waals surface area contributed by atoms with Gasteiger partial charge in [-0.15, -0.1) is 0 Å². The number of anilines is 1. The van der Waals surface area contributed by atoms with Crippen molar-refractivity contribution in [2.75, 3.05) is 12.4 Å². The molecule has 0 spiro atoms. The second-order valence-electron chi connectivity index (χ2n) is 5.46. The number of nitrogens with zero attached hydrogens (tertiary/aromatic N) is 1. The molecule has 0 amide bonds. The summed E-state index contributed by atoms with van der Waals surface area (Å²) >= 11 is 0. The highest BCUT2D eigenvalue weighted by atomic mass is 16.5. The van der Waals surface area contributed by atoms with Crippen LogP contribution in [-0.2, 0) is 9.53 Å². The summed E-state index contributed by atoms with van der Waals surface area (Å²) in [6.45, 7) is 0. The lowest BCUT2D eigenvalue weighted by atomic mass is 9.79. The maximum Gasteiger partial charge on any atom is 0.338 e. The molecule has 1 aromatic rings. The minimum Gasteiger partial charge on any atom is -0.481 e. The maximum absolute atomic E-state index is 11.5. The molecule has 1 saturated carbocycles. The van der Waals surface area contributed by atoms with Crippen molar-refractivity contribution in [3.63, 3.8) is 0 Å². The quantitative estimate of drug-likeness (QED) is 0.810. The molecule has 1 fully saturated rings. The van der Waals surface area contributed by atoms with Crippen LogP contribution in [0.2, 0.25) is 0 Å². The van der Waals surface area contributed by atoms with Crippen LogP contribution in [0.4, 0.5) is 5.82 Å². The molecule has 114 valence electrons. The van der Waals surface area contributed by atoms with E-state index in [1.54, 1.807) is 12.1 Å². The van der Waals surface area contributed by atoms with E-state index in [0.717, 1.165) is 32.1 Å². The molecule has 6 nitrogen and oxygen atoms in total. The topological polar surface area (TPSA) is 88.5 Å². The molecule has 1 aliphatic rings. The number of carbonyl (C=O) groups is 2. The zero-order valence-corrected chi connectivity index (χ0v) is 12.1. The Bertz CT molecular complexity index is 524. The van der Waals surface area contributed by atoms with Crippen LogP contribution in [0.3, 0.4) is 0 Å². The lowest BCUT2D eigenvalue weighted by molar-refractivity contribution is -0.138. The molecule has 2 rings (SSSR count). The molecule has 0 unspecified atom stereocenters. The van der Waals surface area contributed by atoms with Gasteiger partial charge in [-0.25, -0.2) is 9.78 Å². The average Bonchev–Trinajstić information content (AvgIpc) is 2.46. The predicted octanol–water partition coefficient (Wildman–Crippen LogP) is 2.46. The van der Waals surface area contributed by atoms with E-state index in [9.17, 15) is 9.59 Å². The molecule has 1 aliphatic carbocycles. The van der Waals surface area contributed by atoms with Gasteiger partial charge in [0.25, 0.3) is 0 Å². The number of hydrogen-bond acceptors (Lipinski definition) is 5. The van der Waals surface area contributed by atoms with Crippen molar-refractivity contribution >= 4 is 17.8 Å². The normalized spacial score (nSPS) is 17.0. The molecule has 0 saturated heterocycles. The number of carboxylic acids is 1. The van der Waals surface area contributed by atoms with Crippen LogP contribution < -0.4 is 5.32 Å². The van der Waals surface area contributed by atoms with Gasteiger partial charge >= 0.3 is 11.9 Å². The van der Waals surface area contributed by atoms with E-state index in [2.05, 4.69) is 15.0 Å². The van der Waals surface area contributed by atoms with Crippen LogP contribution >= 0.6 is 0 Å². The minimum atomic E-state index is -0.825. The number of hydrogen-bond donors (Lipinski definition) is 2. The Balaban J connectivity index is 2.20. The fourth-order valence-corrected chi connectivity index (χ4v) is 2.88. The van der Waals surface area contributed by atoms with E-state index >= 15 is 0 Å². The third kappa shape index (κ3) is 3.93. The summed E-state index contributed by atoms with van der Waals surface area (Å²) in [5.41, 5.74) is -0.0810. The summed E-state index contributed by atoms with van der Waals surface area (Å²) in [7, 11) is 1.32. The highest BCUT2D eigenvalue weighted by Gasteiger charge is 2.34. The Labute approximate surface area is 123 Å². The summed E-state index contributed by atoms with van der Waals surface area (Å²) in [6.07, 6.45) is 6.28. The first-order valence-electron chi connectivity index (χ1n) is 7.09. The van der Waals surface area contributed by atoms with Crippen LogP contribution in [0.1, 0.15) is 48.9 Å². The number of carboxylic acid groups (broad SMARTS) is 1. The minimum absolute atomic E-state index is 0.0527. The zero-order chi connectivity index (χ0) is 15.3. The number of rotatable bonds is 5. The maximum atomic E-state index is 11.5. The largest absolute Gasteiger partial charge is 0.481 e. The van der Waals surface area contributed by atoms with Gasteiger partial charge in [-0.1, -0.05) is 19.3 Å². The first-order chi connectivity index (χ1) is 10.0. The summed E-state index contributed by atoms with van der Waals surface area (Å²) < 4.78 is 4.68. The summed E-state index contributed by atoms with van der Waals surface area (Å²) in [5, 5.41) is 12.4. The summed E-state index contributed by atoms with van der Waals surface area (Å²) in [4.78, 5) is 26.9. The Morgan fingerprint density at radius 3 is 2.71 bits per heavy atom. The van der Waals surface area contributed by atoms with E-state index in [1.807, 2.05) is 0 Å². The van der Waals surface area contributed by atoms with Crippen LogP contribution in [-0.4, -0.2) is 34.7 Å². The van der Waals surface area contributed by atoms with Crippen LogP contribution in [0.5, 0.6) is 0 Å². The van der Waals surface area contributed by atoms with E-state index in [-0.39, 0.29) is 6.42 Å². The van der Waals surface area contributed by atoms with Crippen LogP contribution in [0.25, 0.3) is 0 Å². The van der Waals surface area contributed by atoms with Crippen molar-refractivity contribution in [1.82, 2.24) is 4.98 Å². The van der Waals surface area contributed by atoms with Crippen molar-refractivity contribution < 1.29 is 19.4 Å². The van der Waals surface area contributed by atoms with Crippen molar-refractivity contribution in [1.29, 1.82) is 0 Å². The van der Waals surface area contributed by atoms with Gasteiger partial charge < -0.3 is 15.2 Å². The van der Waals surface area contributed by atoms with Gasteiger partial charge in [0.05, 0.1) is 19.1 Å². The molecule has 0 aromatic carbocycles. The number of carbonyl (C=O) groups excluding carboxylic acids is 1. The molecule has 2 N–H and O–H groups in total. The monoisotopic (exact) mass is 292 g/mol. The molecular weight excluding hydrogens is 272 g/mol. The molecule has 0 atom stereocenters. The fourth-order valence-electron chi connectivity index (χ4n) is 2.88. The third-order valence-corrected chi connectivity index (χ3v) is 3.87. The Kier molecular flexibility index (Phi) is 4.77. The third-order valence-electron chi connectivity index (χ3n) is 3.87. The van der Waals surface area contributed by atoms with Crippen LogP contribution in [0.15, 0.2) is 18.3 Å². The number of nitrogens with one attached hydrogen (secondary N) is 1. The predicted molar refractivity (Wildman–Crippen MR) is 77.3 cm³/mol. The van der Waals surface area contributed by atoms with E-state index < -0.39 is 17.5 Å². The highest BCUT2D eigenvalue weighted by molar-refractivity contribution is 5.90. The van der Waals surface area contributed by atoms with Crippen molar-refractivity contribution in [2.45, 2.75) is 44.1 Å². The number of methoxy groups -OCH3 is 1. The molecule has 1 aromatic heterocycles. The van der Waals surface area contributed by atoms with E-state index in [4.69, 9.17) is 5.11 Å². The fraction of sp³-hybridized carbons (Fsp3) is 0.533. The molecule has 0 radical (unpaired) electrons. The van der Waals surface area contributed by atoms with Crippen molar-refractivity contribution in [3.05, 3.63) is 23.9 Å². The number of ether oxygens (including phenoxy) is 1. The Hall–Kier alpha value is -2.11. The zero-order valence-electron chi connectivity index (χ0n) is 12.1.